The van der Waals surface area contributed by atoms with Gasteiger partial charge in [-0.3, -0.25) is 14.6 Å². The van der Waals surface area contributed by atoms with E-state index in [0.717, 1.165) is 16.8 Å². The van der Waals surface area contributed by atoms with Crippen molar-refractivity contribution in [2.45, 2.75) is 40.0 Å². The molecular weight excluding hydrogens is 360 g/mol. The maximum absolute atomic E-state index is 12.7. The van der Waals surface area contributed by atoms with Crippen LogP contribution in [0.25, 0.3) is 10.9 Å². The van der Waals surface area contributed by atoms with Gasteiger partial charge in [-0.1, -0.05) is 25.1 Å². The van der Waals surface area contributed by atoms with E-state index in [1.807, 2.05) is 38.1 Å². The van der Waals surface area contributed by atoms with Gasteiger partial charge in [0, 0.05) is 24.0 Å². The number of benzene rings is 1. The zero-order valence-corrected chi connectivity index (χ0v) is 16.5. The maximum atomic E-state index is 12.7. The number of fused-ring (bicyclic) bond motifs is 1. The predicted molar refractivity (Wildman–Crippen MR) is 105 cm³/mol. The Hall–Kier alpha value is -2.96. The molecule has 0 aliphatic heterocycles. The van der Waals surface area contributed by atoms with E-state index < -0.39 is 11.9 Å². The Morgan fingerprint density at radius 2 is 1.86 bits per heavy atom. The van der Waals surface area contributed by atoms with Crippen molar-refractivity contribution in [3.05, 3.63) is 41.1 Å². The van der Waals surface area contributed by atoms with Crippen molar-refractivity contribution >= 4 is 28.7 Å². The van der Waals surface area contributed by atoms with Crippen LogP contribution < -0.4 is 5.32 Å². The van der Waals surface area contributed by atoms with Gasteiger partial charge in [0.15, 0.2) is 6.61 Å². The number of carbonyl (C=O) groups is 3. The maximum Gasteiger partial charge on any atom is 0.339 e. The smallest absolute Gasteiger partial charge is 0.339 e. The Balaban J connectivity index is 1.95. The van der Waals surface area contributed by atoms with Gasteiger partial charge >= 0.3 is 11.9 Å². The van der Waals surface area contributed by atoms with Gasteiger partial charge in [-0.25, -0.2) is 4.79 Å². The van der Waals surface area contributed by atoms with Gasteiger partial charge < -0.3 is 14.8 Å². The molecule has 0 saturated carbocycles. The van der Waals surface area contributed by atoms with Crippen LogP contribution >= 0.6 is 0 Å². The first-order valence-electron chi connectivity index (χ1n) is 9.45. The lowest BCUT2D eigenvalue weighted by Crippen LogP contribution is -2.30. The fraction of sp³-hybridized carbons (Fsp3) is 0.429. The molecular formula is C21H26N2O5. The Kier molecular flexibility index (Phi) is 7.92. The van der Waals surface area contributed by atoms with E-state index in [4.69, 9.17) is 9.47 Å². The summed E-state index contributed by atoms with van der Waals surface area (Å²) in [6.07, 6.45) is 1.39. The summed E-state index contributed by atoms with van der Waals surface area (Å²) in [5, 5.41) is 3.33. The summed E-state index contributed by atoms with van der Waals surface area (Å²) < 4.78 is 10.0. The van der Waals surface area contributed by atoms with Crippen LogP contribution in [0.15, 0.2) is 24.3 Å². The molecule has 7 nitrogen and oxygen atoms in total. The summed E-state index contributed by atoms with van der Waals surface area (Å²) in [6, 6.07) is 7.37. The van der Waals surface area contributed by atoms with Crippen LogP contribution in [0.1, 0.15) is 48.3 Å². The molecule has 0 spiro atoms. The van der Waals surface area contributed by atoms with Gasteiger partial charge in [0.25, 0.3) is 5.91 Å². The number of hydrogen-bond donors (Lipinski definition) is 1. The van der Waals surface area contributed by atoms with Crippen LogP contribution in [-0.4, -0.2) is 42.6 Å². The number of carbonyl (C=O) groups excluding carboxylic acids is 3. The number of esters is 2. The molecule has 0 unspecified atom stereocenters. The van der Waals surface area contributed by atoms with Gasteiger partial charge in [0.2, 0.25) is 0 Å². The molecule has 1 N–H and O–H groups in total. The van der Waals surface area contributed by atoms with Crippen molar-refractivity contribution in [2.24, 2.45) is 0 Å². The van der Waals surface area contributed by atoms with E-state index in [1.54, 1.807) is 6.92 Å². The number of rotatable bonds is 9. The fourth-order valence-electron chi connectivity index (χ4n) is 2.91. The molecule has 2 rings (SSSR count). The molecule has 28 heavy (non-hydrogen) atoms. The van der Waals surface area contributed by atoms with E-state index >= 15 is 0 Å². The van der Waals surface area contributed by atoms with Crippen LogP contribution in [0.2, 0.25) is 0 Å². The summed E-state index contributed by atoms with van der Waals surface area (Å²) in [5.74, 6) is -1.26. The quantitative estimate of drug-likeness (QED) is 0.526. The first-order chi connectivity index (χ1) is 13.5. The highest BCUT2D eigenvalue weighted by atomic mass is 16.5. The van der Waals surface area contributed by atoms with Gasteiger partial charge in [0.05, 0.1) is 17.7 Å². The lowest BCUT2D eigenvalue weighted by Gasteiger charge is -2.13. The van der Waals surface area contributed by atoms with E-state index in [0.29, 0.717) is 36.9 Å². The molecule has 1 aromatic carbocycles. The summed E-state index contributed by atoms with van der Waals surface area (Å²) in [6.45, 7) is 5.82. The Morgan fingerprint density at radius 3 is 2.57 bits per heavy atom. The minimum atomic E-state index is -0.549. The largest absolute Gasteiger partial charge is 0.466 e. The minimum absolute atomic E-state index is 0.232. The fourth-order valence-corrected chi connectivity index (χ4v) is 2.91. The third-order valence-electron chi connectivity index (χ3n) is 4.30. The van der Waals surface area contributed by atoms with Crippen molar-refractivity contribution in [2.75, 3.05) is 19.8 Å². The lowest BCUT2D eigenvalue weighted by molar-refractivity contribution is -0.143. The second-order valence-electron chi connectivity index (χ2n) is 6.26. The number of pyridine rings is 1. The van der Waals surface area contributed by atoms with Crippen LogP contribution in [-0.2, 0) is 25.5 Å². The topological polar surface area (TPSA) is 94.6 Å². The Labute approximate surface area is 164 Å². The van der Waals surface area contributed by atoms with Gasteiger partial charge in [-0.05, 0) is 38.3 Å². The molecule has 1 amide bonds. The molecule has 1 heterocycles. The summed E-state index contributed by atoms with van der Waals surface area (Å²) >= 11 is 0. The molecule has 1 aromatic heterocycles. The second-order valence-corrected chi connectivity index (χ2v) is 6.26. The molecule has 0 radical (unpaired) electrons. The van der Waals surface area contributed by atoms with Crippen LogP contribution in [0.3, 0.4) is 0 Å². The molecule has 2 aromatic rings. The summed E-state index contributed by atoms with van der Waals surface area (Å²) in [4.78, 5) is 40.4. The third-order valence-corrected chi connectivity index (χ3v) is 4.30. The molecule has 0 fully saturated rings. The first kappa shape index (κ1) is 21.3. The van der Waals surface area contributed by atoms with Crippen molar-refractivity contribution in [1.82, 2.24) is 10.3 Å². The molecule has 0 aliphatic rings. The van der Waals surface area contributed by atoms with Gasteiger partial charge in [-0.2, -0.15) is 0 Å². The average molecular weight is 386 g/mol. The van der Waals surface area contributed by atoms with Crippen LogP contribution in [0, 0.1) is 6.92 Å². The lowest BCUT2D eigenvalue weighted by atomic mass is 10.0. The van der Waals surface area contributed by atoms with Crippen LogP contribution in [0.5, 0.6) is 0 Å². The van der Waals surface area contributed by atoms with Crippen molar-refractivity contribution in [3.8, 4) is 0 Å². The van der Waals surface area contributed by atoms with E-state index in [-0.39, 0.29) is 19.0 Å². The number of hydrogen-bond acceptors (Lipinski definition) is 6. The normalized spacial score (nSPS) is 10.5. The number of nitrogens with one attached hydrogen (secondary N) is 1. The summed E-state index contributed by atoms with van der Waals surface area (Å²) in [5.41, 5.74) is 2.76. The predicted octanol–water partition coefficient (Wildman–Crippen LogP) is 2.72. The van der Waals surface area contributed by atoms with E-state index in [2.05, 4.69) is 10.3 Å². The SMILES string of the molecule is CCOC(=O)CCCNC(=O)COC(=O)c1c(C)c(CC)nc2ccccc12. The molecule has 0 bridgehead atoms. The second kappa shape index (κ2) is 10.4. The molecule has 0 aliphatic carbocycles. The third kappa shape index (κ3) is 5.52. The molecule has 7 heteroatoms. The van der Waals surface area contributed by atoms with Gasteiger partial charge in [0.1, 0.15) is 0 Å². The molecule has 150 valence electrons. The zero-order valence-electron chi connectivity index (χ0n) is 16.5. The van der Waals surface area contributed by atoms with Crippen LogP contribution in [0.4, 0.5) is 0 Å². The highest BCUT2D eigenvalue weighted by Crippen LogP contribution is 2.24. The highest BCUT2D eigenvalue weighted by molar-refractivity contribution is 6.05. The average Bonchev–Trinajstić information content (AvgIpc) is 2.69. The van der Waals surface area contributed by atoms with Gasteiger partial charge in [-0.15, -0.1) is 0 Å². The summed E-state index contributed by atoms with van der Waals surface area (Å²) in [7, 11) is 0. The number of amides is 1. The number of para-hydroxylation sites is 1. The highest BCUT2D eigenvalue weighted by Gasteiger charge is 2.19. The van der Waals surface area contributed by atoms with Crippen molar-refractivity contribution in [1.29, 1.82) is 0 Å². The minimum Gasteiger partial charge on any atom is -0.466 e. The Morgan fingerprint density at radius 1 is 1.11 bits per heavy atom. The van der Waals surface area contributed by atoms with E-state index in [1.165, 1.54) is 0 Å². The standard InChI is InChI=1S/C21H26N2O5/c1-4-16-14(3)20(15-9-6-7-10-17(15)23-16)21(26)28-13-18(24)22-12-8-11-19(25)27-5-2/h6-7,9-10H,4-5,8,11-13H2,1-3H3,(H,22,24). The van der Waals surface area contributed by atoms with Crippen molar-refractivity contribution < 1.29 is 23.9 Å². The number of nitrogens with zero attached hydrogens (tertiary/aromatic N) is 1. The first-order valence-corrected chi connectivity index (χ1v) is 9.45. The van der Waals surface area contributed by atoms with E-state index in [9.17, 15) is 14.4 Å². The number of aryl methyl sites for hydroxylation is 1. The zero-order chi connectivity index (χ0) is 20.5. The number of ether oxygens (including phenoxy) is 2. The number of aromatic nitrogens is 1. The van der Waals surface area contributed by atoms with Crippen molar-refractivity contribution in [3.63, 3.8) is 0 Å². The monoisotopic (exact) mass is 386 g/mol. The molecule has 0 atom stereocenters. The molecule has 0 saturated heterocycles. The Bertz CT molecular complexity index is 863.